The average Bonchev–Trinajstić information content (AvgIpc) is 2.76. The summed E-state index contributed by atoms with van der Waals surface area (Å²) in [6.45, 7) is 3.75. The summed E-state index contributed by atoms with van der Waals surface area (Å²) in [5, 5.41) is 11.6. The van der Waals surface area contributed by atoms with Crippen LogP contribution >= 0.6 is 0 Å². The maximum absolute atomic E-state index is 13.1. The maximum atomic E-state index is 13.1. The van der Waals surface area contributed by atoms with E-state index in [0.29, 0.717) is 29.0 Å². The molecule has 0 spiro atoms. The Kier molecular flexibility index (Phi) is 5.50. The summed E-state index contributed by atoms with van der Waals surface area (Å²) in [6, 6.07) is 14.5. The molecule has 0 radical (unpaired) electrons. The van der Waals surface area contributed by atoms with E-state index in [4.69, 9.17) is 4.74 Å². The van der Waals surface area contributed by atoms with Crippen molar-refractivity contribution >= 4 is 17.8 Å². The number of nitrogens with one attached hydrogen (secondary N) is 2. The van der Waals surface area contributed by atoms with E-state index in [9.17, 15) is 19.5 Å². The lowest BCUT2D eigenvalue weighted by Crippen LogP contribution is -2.51. The van der Waals surface area contributed by atoms with Crippen LogP contribution in [0.25, 0.3) is 0 Å². The van der Waals surface area contributed by atoms with Crippen molar-refractivity contribution in [1.29, 1.82) is 0 Å². The summed E-state index contributed by atoms with van der Waals surface area (Å²) in [7, 11) is 0. The number of carboxylic acid groups (broad SMARTS) is 1. The molecule has 2 atom stereocenters. The molecule has 7 nitrogen and oxygen atoms in total. The van der Waals surface area contributed by atoms with E-state index >= 15 is 0 Å². The Bertz CT molecular complexity index is 1050. The molecule has 0 saturated carbocycles. The van der Waals surface area contributed by atoms with Crippen LogP contribution in [0.3, 0.4) is 0 Å². The largest absolute Gasteiger partial charge is 0.550 e. The van der Waals surface area contributed by atoms with Gasteiger partial charge in [0.25, 0.3) is 5.91 Å². The van der Waals surface area contributed by atoms with Gasteiger partial charge >= 0.3 is 0 Å². The number of benzene rings is 2. The minimum absolute atomic E-state index is 0.265. The molecule has 2 aromatic rings. The average molecular weight is 419 g/mol. The normalized spacial score (nSPS) is 20.2. The smallest absolute Gasteiger partial charge is 0.250 e. The molecule has 1 aliphatic heterocycles. The monoisotopic (exact) mass is 419 g/mol. The van der Waals surface area contributed by atoms with Crippen LogP contribution in [0.2, 0.25) is 0 Å². The Morgan fingerprint density at radius 2 is 1.29 bits per heavy atom. The van der Waals surface area contributed by atoms with E-state index < -0.39 is 35.5 Å². The molecule has 2 unspecified atom stereocenters. The predicted molar refractivity (Wildman–Crippen MR) is 111 cm³/mol. The molecule has 0 fully saturated rings. The van der Waals surface area contributed by atoms with Crippen LogP contribution in [0, 0.1) is 11.8 Å². The van der Waals surface area contributed by atoms with Gasteiger partial charge < -0.3 is 14.6 Å². The topological polar surface area (TPSA) is 108 Å². The van der Waals surface area contributed by atoms with E-state index in [0.717, 1.165) is 11.1 Å². The summed E-state index contributed by atoms with van der Waals surface area (Å²) in [6.07, 6.45) is 0.579. The third-order valence-electron chi connectivity index (χ3n) is 6.16. The van der Waals surface area contributed by atoms with Gasteiger partial charge in [0, 0.05) is 23.0 Å². The van der Waals surface area contributed by atoms with Crippen molar-refractivity contribution in [1.82, 2.24) is 10.9 Å². The Morgan fingerprint density at radius 1 is 0.806 bits per heavy atom. The van der Waals surface area contributed by atoms with Gasteiger partial charge in [0.15, 0.2) is 0 Å². The third-order valence-corrected chi connectivity index (χ3v) is 6.16. The van der Waals surface area contributed by atoms with Crippen LogP contribution < -0.4 is 20.7 Å². The van der Waals surface area contributed by atoms with Crippen molar-refractivity contribution in [3.8, 4) is 11.5 Å². The second-order valence-corrected chi connectivity index (χ2v) is 8.09. The molecular weight excluding hydrogens is 396 g/mol. The van der Waals surface area contributed by atoms with Crippen molar-refractivity contribution in [2.45, 2.75) is 32.6 Å². The molecule has 2 N–H and O–H groups in total. The van der Waals surface area contributed by atoms with Gasteiger partial charge in [-0.05, 0) is 38.8 Å². The van der Waals surface area contributed by atoms with Crippen molar-refractivity contribution in [2.24, 2.45) is 11.8 Å². The van der Waals surface area contributed by atoms with Gasteiger partial charge in [-0.15, -0.1) is 0 Å². The number of carbonyl (C=O) groups excluding carboxylic acids is 3. The molecule has 0 bridgehead atoms. The molecular formula is C24H23N2O5-. The van der Waals surface area contributed by atoms with Crippen LogP contribution in [0.15, 0.2) is 59.7 Å². The van der Waals surface area contributed by atoms with Gasteiger partial charge in [0.1, 0.15) is 11.5 Å². The van der Waals surface area contributed by atoms with Crippen LogP contribution in [0.1, 0.15) is 43.7 Å². The fourth-order valence-electron chi connectivity index (χ4n) is 4.30. The van der Waals surface area contributed by atoms with Crippen molar-refractivity contribution in [2.75, 3.05) is 0 Å². The molecule has 2 amide bonds. The number of carbonyl (C=O) groups is 3. The summed E-state index contributed by atoms with van der Waals surface area (Å²) < 4.78 is 5.90. The maximum Gasteiger partial charge on any atom is 0.250 e. The number of hydrogen-bond acceptors (Lipinski definition) is 5. The molecule has 1 aliphatic carbocycles. The number of amides is 2. The van der Waals surface area contributed by atoms with Gasteiger partial charge in [-0.2, -0.15) is 0 Å². The molecule has 2 aromatic carbocycles. The summed E-state index contributed by atoms with van der Waals surface area (Å²) in [5.74, 6) is -3.47. The minimum Gasteiger partial charge on any atom is -0.550 e. The summed E-state index contributed by atoms with van der Waals surface area (Å²) >= 11 is 0. The van der Waals surface area contributed by atoms with Crippen LogP contribution in [-0.4, -0.2) is 17.8 Å². The molecule has 160 valence electrons. The standard InChI is InChI=1S/C24H24N2O5/c1-13-11-17(18(24(29)30)12-14(13)2)22(27)25-26-23(28)21-15-7-3-5-9-19(15)31-20-10-6-4-8-16(20)21/h3-10,17-18,21H,11-12H2,1-2H3,(H,25,27)(H,26,28)(H,29,30)/p-1. The zero-order valence-corrected chi connectivity index (χ0v) is 17.3. The molecule has 0 saturated heterocycles. The SMILES string of the molecule is CC1=C(C)CC(C(=O)NNC(=O)C2c3ccccc3Oc3ccccc32)C(C(=O)[O-])C1. The number of fused-ring (bicyclic) bond motifs is 2. The van der Waals surface area contributed by atoms with E-state index in [2.05, 4.69) is 10.9 Å². The molecule has 0 aromatic heterocycles. The van der Waals surface area contributed by atoms with E-state index in [1.807, 2.05) is 50.2 Å². The second kappa shape index (κ2) is 8.26. The molecule has 2 aliphatic rings. The van der Waals surface area contributed by atoms with Crippen molar-refractivity contribution in [3.05, 3.63) is 70.8 Å². The van der Waals surface area contributed by atoms with Gasteiger partial charge in [0.2, 0.25) is 5.91 Å². The Balaban J connectivity index is 1.53. The number of rotatable bonds is 3. The quantitative estimate of drug-likeness (QED) is 0.586. The Hall–Kier alpha value is -3.61. The highest BCUT2D eigenvalue weighted by atomic mass is 16.5. The number of allylic oxidation sites excluding steroid dienone is 2. The van der Waals surface area contributed by atoms with Gasteiger partial charge in [-0.1, -0.05) is 47.5 Å². The van der Waals surface area contributed by atoms with Gasteiger partial charge in [-0.25, -0.2) is 0 Å². The van der Waals surface area contributed by atoms with E-state index in [1.165, 1.54) is 0 Å². The molecule has 7 heteroatoms. The van der Waals surface area contributed by atoms with Gasteiger partial charge in [-0.3, -0.25) is 20.4 Å². The highest BCUT2D eigenvalue weighted by Gasteiger charge is 2.36. The molecule has 1 heterocycles. The fourth-order valence-corrected chi connectivity index (χ4v) is 4.30. The number of hydrogen-bond donors (Lipinski definition) is 2. The molecule has 31 heavy (non-hydrogen) atoms. The molecule has 4 rings (SSSR count). The lowest BCUT2D eigenvalue weighted by molar-refractivity contribution is -0.313. The van der Waals surface area contributed by atoms with Crippen molar-refractivity contribution in [3.63, 3.8) is 0 Å². The Morgan fingerprint density at radius 3 is 1.84 bits per heavy atom. The zero-order chi connectivity index (χ0) is 22.1. The highest BCUT2D eigenvalue weighted by Crippen LogP contribution is 2.43. The zero-order valence-electron chi connectivity index (χ0n) is 17.3. The Labute approximate surface area is 180 Å². The predicted octanol–water partition coefficient (Wildman–Crippen LogP) is 2.18. The van der Waals surface area contributed by atoms with Crippen LogP contribution in [0.4, 0.5) is 0 Å². The number of ether oxygens (including phenoxy) is 1. The lowest BCUT2D eigenvalue weighted by atomic mass is 9.76. The first-order chi connectivity index (χ1) is 14.9. The first-order valence-corrected chi connectivity index (χ1v) is 10.2. The second-order valence-electron chi connectivity index (χ2n) is 8.09. The lowest BCUT2D eigenvalue weighted by Gasteiger charge is -2.33. The first-order valence-electron chi connectivity index (χ1n) is 10.2. The van der Waals surface area contributed by atoms with Gasteiger partial charge in [0.05, 0.1) is 11.8 Å². The third kappa shape index (κ3) is 3.91. The van der Waals surface area contributed by atoms with Crippen LogP contribution in [-0.2, 0) is 14.4 Å². The number of aliphatic carboxylic acids is 1. The number of carboxylic acids is 1. The number of hydrazine groups is 1. The fraction of sp³-hybridized carbons (Fsp3) is 0.292. The number of para-hydroxylation sites is 2. The first kappa shape index (κ1) is 20.7. The van der Waals surface area contributed by atoms with Crippen LogP contribution in [0.5, 0.6) is 11.5 Å². The highest BCUT2D eigenvalue weighted by molar-refractivity contribution is 5.92. The van der Waals surface area contributed by atoms with Crippen molar-refractivity contribution < 1.29 is 24.2 Å². The van der Waals surface area contributed by atoms with E-state index in [-0.39, 0.29) is 6.42 Å². The summed E-state index contributed by atoms with van der Waals surface area (Å²) in [5.41, 5.74) is 8.25. The van der Waals surface area contributed by atoms with E-state index in [1.54, 1.807) is 12.1 Å². The minimum atomic E-state index is -1.26. The summed E-state index contributed by atoms with van der Waals surface area (Å²) in [4.78, 5) is 37.5.